The van der Waals surface area contributed by atoms with E-state index in [0.717, 1.165) is 10.9 Å². The lowest BCUT2D eigenvalue weighted by Crippen LogP contribution is -2.25. The Morgan fingerprint density at radius 2 is 2.04 bits per heavy atom. The molecule has 0 bridgehead atoms. The van der Waals surface area contributed by atoms with E-state index in [1.807, 2.05) is 48.5 Å². The first-order valence-electron chi connectivity index (χ1n) is 8.39. The molecule has 4 rings (SSSR count). The molecule has 134 valence electrons. The third-order valence-corrected chi connectivity index (χ3v) is 4.29. The minimum absolute atomic E-state index is 0.272. The van der Waals surface area contributed by atoms with Gasteiger partial charge in [0.15, 0.2) is 0 Å². The van der Waals surface area contributed by atoms with E-state index in [-0.39, 0.29) is 12.2 Å². The van der Waals surface area contributed by atoms with Gasteiger partial charge >= 0.3 is 6.09 Å². The van der Waals surface area contributed by atoms with Crippen LogP contribution in [-0.4, -0.2) is 32.5 Å². The molecule has 26 heavy (non-hydrogen) atoms. The summed E-state index contributed by atoms with van der Waals surface area (Å²) < 4.78 is 21.8. The quantitative estimate of drug-likeness (QED) is 0.671. The number of rotatable bonds is 6. The second-order valence-electron chi connectivity index (χ2n) is 6.12. The van der Waals surface area contributed by atoms with Crippen LogP contribution >= 0.6 is 0 Å². The molecule has 2 heterocycles. The molecule has 6 nitrogen and oxygen atoms in total. The summed E-state index contributed by atoms with van der Waals surface area (Å²) in [6.07, 6.45) is 0.910. The van der Waals surface area contributed by atoms with E-state index >= 15 is 0 Å². The number of cyclic esters (lactones) is 1. The van der Waals surface area contributed by atoms with Gasteiger partial charge in [-0.1, -0.05) is 30.3 Å². The fraction of sp³-hybridized carbons (Fsp3) is 0.250. The Kier molecular flexibility index (Phi) is 4.50. The topological polar surface area (TPSA) is 61.1 Å². The Morgan fingerprint density at radius 3 is 2.85 bits per heavy atom. The highest BCUT2D eigenvalue weighted by molar-refractivity contribution is 6.01. The molecular weight excluding hydrogens is 334 g/mol. The Bertz CT molecular complexity index is 905. The number of furan rings is 1. The number of amides is 1. The van der Waals surface area contributed by atoms with Gasteiger partial charge in [0, 0.05) is 18.6 Å². The van der Waals surface area contributed by atoms with E-state index in [1.165, 1.54) is 0 Å². The number of fused-ring (bicyclic) bond motifs is 1. The van der Waals surface area contributed by atoms with E-state index in [0.29, 0.717) is 36.8 Å². The van der Waals surface area contributed by atoms with Gasteiger partial charge in [0.2, 0.25) is 0 Å². The van der Waals surface area contributed by atoms with Crippen molar-refractivity contribution in [3.8, 4) is 5.75 Å². The van der Waals surface area contributed by atoms with Crippen molar-refractivity contribution in [1.29, 1.82) is 0 Å². The molecule has 0 spiro atoms. The van der Waals surface area contributed by atoms with E-state index in [2.05, 4.69) is 0 Å². The predicted molar refractivity (Wildman–Crippen MR) is 96.5 cm³/mol. The SMILES string of the molecule is COCC1CN(c2coc3cc(OCc4ccccc4)ccc23)C(=O)O1. The summed E-state index contributed by atoms with van der Waals surface area (Å²) in [4.78, 5) is 13.7. The minimum atomic E-state index is -0.390. The number of nitrogens with zero attached hydrogens (tertiary/aromatic N) is 1. The molecule has 1 unspecified atom stereocenters. The number of benzene rings is 2. The fourth-order valence-corrected chi connectivity index (χ4v) is 3.03. The molecule has 0 aliphatic carbocycles. The first kappa shape index (κ1) is 16.5. The van der Waals surface area contributed by atoms with Crippen molar-refractivity contribution in [2.24, 2.45) is 0 Å². The van der Waals surface area contributed by atoms with E-state index < -0.39 is 0 Å². The van der Waals surface area contributed by atoms with Gasteiger partial charge in [-0.15, -0.1) is 0 Å². The van der Waals surface area contributed by atoms with Crippen molar-refractivity contribution < 1.29 is 23.4 Å². The molecule has 0 saturated carbocycles. The van der Waals surface area contributed by atoms with E-state index in [9.17, 15) is 4.79 Å². The zero-order valence-electron chi connectivity index (χ0n) is 14.4. The summed E-state index contributed by atoms with van der Waals surface area (Å²) in [6.45, 7) is 1.29. The highest BCUT2D eigenvalue weighted by Crippen LogP contribution is 2.34. The van der Waals surface area contributed by atoms with Crippen molar-refractivity contribution in [3.05, 3.63) is 60.4 Å². The molecule has 1 aliphatic heterocycles. The van der Waals surface area contributed by atoms with Gasteiger partial charge in [0.25, 0.3) is 0 Å². The van der Waals surface area contributed by atoms with Crippen molar-refractivity contribution in [2.45, 2.75) is 12.7 Å². The summed E-state index contributed by atoms with van der Waals surface area (Å²) in [5.74, 6) is 0.712. The van der Waals surface area contributed by atoms with Crippen LogP contribution in [0.1, 0.15) is 5.56 Å². The molecule has 0 N–H and O–H groups in total. The Balaban J connectivity index is 1.51. The maximum Gasteiger partial charge on any atom is 0.414 e. The molecular formula is C20H19NO5. The van der Waals surface area contributed by atoms with Crippen LogP contribution < -0.4 is 9.64 Å². The molecule has 3 aromatic rings. The molecule has 1 aliphatic rings. The summed E-state index contributed by atoms with van der Waals surface area (Å²) in [5, 5.41) is 0.840. The maximum atomic E-state index is 12.1. The molecule has 1 saturated heterocycles. The standard InChI is InChI=1S/C20H19NO5/c1-23-12-16-10-21(20(22)26-16)18-13-25-19-9-15(7-8-17(18)19)24-11-14-5-3-2-4-6-14/h2-9,13,16H,10-12H2,1H3. The van der Waals surface area contributed by atoms with Crippen LogP contribution in [0.25, 0.3) is 11.0 Å². The fourth-order valence-electron chi connectivity index (χ4n) is 3.03. The lowest BCUT2D eigenvalue weighted by molar-refractivity contribution is 0.0718. The zero-order valence-corrected chi connectivity index (χ0v) is 14.4. The van der Waals surface area contributed by atoms with Crippen molar-refractivity contribution in [3.63, 3.8) is 0 Å². The molecule has 2 aromatic carbocycles. The van der Waals surface area contributed by atoms with Gasteiger partial charge < -0.3 is 18.6 Å². The van der Waals surface area contributed by atoms with Crippen LogP contribution in [0.4, 0.5) is 10.5 Å². The van der Waals surface area contributed by atoms with Crippen molar-refractivity contribution >= 4 is 22.7 Å². The first-order valence-corrected chi connectivity index (χ1v) is 8.39. The number of carbonyl (C=O) groups excluding carboxylic acids is 1. The third kappa shape index (κ3) is 3.23. The van der Waals surface area contributed by atoms with Crippen LogP contribution in [0.3, 0.4) is 0 Å². The number of anilines is 1. The molecule has 1 aromatic heterocycles. The summed E-state index contributed by atoms with van der Waals surface area (Å²) in [6, 6.07) is 15.6. The number of ether oxygens (including phenoxy) is 3. The summed E-state index contributed by atoms with van der Waals surface area (Å²) in [7, 11) is 1.58. The van der Waals surface area contributed by atoms with Gasteiger partial charge in [-0.2, -0.15) is 0 Å². The molecule has 0 radical (unpaired) electrons. The number of carbonyl (C=O) groups is 1. The Morgan fingerprint density at radius 1 is 1.19 bits per heavy atom. The van der Waals surface area contributed by atoms with Crippen LogP contribution in [0.15, 0.2) is 59.2 Å². The second-order valence-corrected chi connectivity index (χ2v) is 6.12. The predicted octanol–water partition coefficient (Wildman–Crippen LogP) is 3.98. The molecule has 1 atom stereocenters. The van der Waals surface area contributed by atoms with Gasteiger partial charge in [0.1, 0.15) is 30.3 Å². The Hall–Kier alpha value is -2.99. The van der Waals surface area contributed by atoms with E-state index in [4.69, 9.17) is 18.6 Å². The van der Waals surface area contributed by atoms with Gasteiger partial charge in [-0.3, -0.25) is 4.90 Å². The normalized spacial score (nSPS) is 16.9. The number of methoxy groups -OCH3 is 1. The monoisotopic (exact) mass is 353 g/mol. The average Bonchev–Trinajstić information content (AvgIpc) is 3.23. The maximum absolute atomic E-state index is 12.1. The van der Waals surface area contributed by atoms with Gasteiger partial charge in [-0.25, -0.2) is 4.79 Å². The minimum Gasteiger partial charge on any atom is -0.489 e. The molecule has 6 heteroatoms. The van der Waals surface area contributed by atoms with Crippen LogP contribution in [0, 0.1) is 0 Å². The summed E-state index contributed by atoms with van der Waals surface area (Å²) >= 11 is 0. The highest BCUT2D eigenvalue weighted by Gasteiger charge is 2.34. The Labute approximate surface area is 150 Å². The van der Waals surface area contributed by atoms with Crippen molar-refractivity contribution in [2.75, 3.05) is 25.2 Å². The van der Waals surface area contributed by atoms with E-state index in [1.54, 1.807) is 18.3 Å². The number of hydrogen-bond acceptors (Lipinski definition) is 5. The van der Waals surface area contributed by atoms with Gasteiger partial charge in [0.05, 0.1) is 18.8 Å². The lowest BCUT2D eigenvalue weighted by Gasteiger charge is -2.11. The average molecular weight is 353 g/mol. The largest absolute Gasteiger partial charge is 0.489 e. The highest BCUT2D eigenvalue weighted by atomic mass is 16.6. The van der Waals surface area contributed by atoms with Crippen LogP contribution in [0.5, 0.6) is 5.75 Å². The first-order chi connectivity index (χ1) is 12.7. The lowest BCUT2D eigenvalue weighted by atomic mass is 10.2. The second kappa shape index (κ2) is 7.09. The number of hydrogen-bond donors (Lipinski definition) is 0. The summed E-state index contributed by atoms with van der Waals surface area (Å²) in [5.41, 5.74) is 2.45. The van der Waals surface area contributed by atoms with Crippen molar-refractivity contribution in [1.82, 2.24) is 0 Å². The third-order valence-electron chi connectivity index (χ3n) is 4.29. The van der Waals surface area contributed by atoms with Gasteiger partial charge in [-0.05, 0) is 17.7 Å². The zero-order chi connectivity index (χ0) is 17.9. The van der Waals surface area contributed by atoms with Crippen LogP contribution in [-0.2, 0) is 16.1 Å². The van der Waals surface area contributed by atoms with Crippen LogP contribution in [0.2, 0.25) is 0 Å². The smallest absolute Gasteiger partial charge is 0.414 e. The molecule has 1 fully saturated rings. The molecule has 1 amide bonds.